The summed E-state index contributed by atoms with van der Waals surface area (Å²) in [6, 6.07) is 10.3. The van der Waals surface area contributed by atoms with Crippen molar-refractivity contribution in [3.8, 4) is 5.75 Å². The number of benzene rings is 2. The van der Waals surface area contributed by atoms with E-state index in [4.69, 9.17) is 4.74 Å². The van der Waals surface area contributed by atoms with Crippen molar-refractivity contribution >= 4 is 16.8 Å². The second kappa shape index (κ2) is 6.97. The van der Waals surface area contributed by atoms with Gasteiger partial charge in [0.1, 0.15) is 11.6 Å². The molecule has 5 heteroatoms. The van der Waals surface area contributed by atoms with Gasteiger partial charge in [0, 0.05) is 23.2 Å². The zero-order valence-corrected chi connectivity index (χ0v) is 14.6. The first-order valence-electron chi connectivity index (χ1n) is 8.19. The number of aryl methyl sites for hydroxylation is 2. The third kappa shape index (κ3) is 3.36. The number of aromatic amines is 1. The minimum absolute atomic E-state index is 0.153. The number of amides is 1. The van der Waals surface area contributed by atoms with Crippen molar-refractivity contribution in [2.45, 2.75) is 20.3 Å². The van der Waals surface area contributed by atoms with Crippen molar-refractivity contribution in [2.24, 2.45) is 0 Å². The highest BCUT2D eigenvalue weighted by atomic mass is 19.1. The quantitative estimate of drug-likeness (QED) is 0.740. The zero-order chi connectivity index (χ0) is 18.0. The average molecular weight is 340 g/mol. The van der Waals surface area contributed by atoms with Gasteiger partial charge in [0.05, 0.1) is 12.6 Å². The number of rotatable bonds is 5. The number of carbonyl (C=O) groups excluding carboxylic acids is 1. The number of hydrogen-bond acceptors (Lipinski definition) is 2. The Balaban J connectivity index is 1.74. The van der Waals surface area contributed by atoms with Gasteiger partial charge in [-0.05, 0) is 55.7 Å². The minimum atomic E-state index is -0.254. The van der Waals surface area contributed by atoms with Crippen molar-refractivity contribution in [3.63, 3.8) is 0 Å². The summed E-state index contributed by atoms with van der Waals surface area (Å²) in [7, 11) is 1.57. The van der Waals surface area contributed by atoms with Crippen LogP contribution in [0.1, 0.15) is 27.2 Å². The fourth-order valence-electron chi connectivity index (χ4n) is 3.12. The van der Waals surface area contributed by atoms with Crippen LogP contribution in [0.15, 0.2) is 36.4 Å². The van der Waals surface area contributed by atoms with Crippen molar-refractivity contribution in [3.05, 3.63) is 64.6 Å². The van der Waals surface area contributed by atoms with Gasteiger partial charge in [0.15, 0.2) is 0 Å². The number of aromatic nitrogens is 1. The van der Waals surface area contributed by atoms with Crippen LogP contribution in [0, 0.1) is 19.7 Å². The number of halogens is 1. The number of hydrogen-bond donors (Lipinski definition) is 2. The third-order valence-corrected chi connectivity index (χ3v) is 4.42. The molecular weight excluding hydrogens is 319 g/mol. The number of H-pyrrole nitrogens is 1. The Morgan fingerprint density at radius 2 is 2.04 bits per heavy atom. The topological polar surface area (TPSA) is 54.1 Å². The van der Waals surface area contributed by atoms with Gasteiger partial charge in [0.25, 0.3) is 5.91 Å². The number of carbonyl (C=O) groups is 1. The maximum absolute atomic E-state index is 14.0. The molecule has 0 bridgehead atoms. The number of nitrogens with one attached hydrogen (secondary N) is 2. The summed E-state index contributed by atoms with van der Waals surface area (Å²) >= 11 is 0. The van der Waals surface area contributed by atoms with Gasteiger partial charge < -0.3 is 15.0 Å². The Kier molecular flexibility index (Phi) is 4.74. The van der Waals surface area contributed by atoms with Crippen LogP contribution in [0.25, 0.3) is 10.9 Å². The highest BCUT2D eigenvalue weighted by molar-refractivity contribution is 5.94. The largest absolute Gasteiger partial charge is 0.497 e. The van der Waals surface area contributed by atoms with Crippen LogP contribution < -0.4 is 10.1 Å². The van der Waals surface area contributed by atoms with Crippen molar-refractivity contribution < 1.29 is 13.9 Å². The molecule has 0 aliphatic heterocycles. The maximum Gasteiger partial charge on any atom is 0.251 e. The monoisotopic (exact) mass is 340 g/mol. The van der Waals surface area contributed by atoms with Gasteiger partial charge in [-0.1, -0.05) is 12.1 Å². The van der Waals surface area contributed by atoms with Crippen LogP contribution in [0.5, 0.6) is 5.75 Å². The minimum Gasteiger partial charge on any atom is -0.497 e. The lowest BCUT2D eigenvalue weighted by Gasteiger charge is -2.08. The van der Waals surface area contributed by atoms with E-state index < -0.39 is 0 Å². The van der Waals surface area contributed by atoms with Gasteiger partial charge in [-0.15, -0.1) is 0 Å². The molecule has 0 atom stereocenters. The Labute approximate surface area is 146 Å². The average Bonchev–Trinajstić information content (AvgIpc) is 2.96. The lowest BCUT2D eigenvalue weighted by Crippen LogP contribution is -2.25. The molecular formula is C20H21FN2O2. The molecule has 130 valence electrons. The lowest BCUT2D eigenvalue weighted by molar-refractivity contribution is 0.0954. The number of fused-ring (bicyclic) bond motifs is 1. The highest BCUT2D eigenvalue weighted by Crippen LogP contribution is 2.27. The van der Waals surface area contributed by atoms with Crippen LogP contribution in [0.2, 0.25) is 0 Å². The summed E-state index contributed by atoms with van der Waals surface area (Å²) in [6.07, 6.45) is 0.631. The SMILES string of the molecule is COc1cccc(C(=O)NCCc2c(C)[nH]c3c(F)ccc(C)c23)c1. The van der Waals surface area contributed by atoms with Gasteiger partial charge in [0.2, 0.25) is 0 Å². The molecule has 1 aromatic heterocycles. The first kappa shape index (κ1) is 17.0. The zero-order valence-electron chi connectivity index (χ0n) is 14.6. The van der Waals surface area contributed by atoms with Crippen LogP contribution in [-0.2, 0) is 6.42 Å². The van der Waals surface area contributed by atoms with Crippen molar-refractivity contribution in [1.29, 1.82) is 0 Å². The van der Waals surface area contributed by atoms with Gasteiger partial charge in [-0.3, -0.25) is 4.79 Å². The van der Waals surface area contributed by atoms with E-state index >= 15 is 0 Å². The molecule has 0 aliphatic rings. The van der Waals surface area contributed by atoms with Gasteiger partial charge in [-0.2, -0.15) is 0 Å². The summed E-state index contributed by atoms with van der Waals surface area (Å²) in [5.74, 6) is 0.237. The fourth-order valence-corrected chi connectivity index (χ4v) is 3.12. The Morgan fingerprint density at radius 1 is 1.24 bits per heavy atom. The number of ether oxygens (including phenoxy) is 1. The first-order chi connectivity index (χ1) is 12.0. The molecule has 0 spiro atoms. The van der Waals surface area contributed by atoms with Crippen molar-refractivity contribution in [1.82, 2.24) is 10.3 Å². The molecule has 1 amide bonds. The number of methoxy groups -OCH3 is 1. The summed E-state index contributed by atoms with van der Waals surface area (Å²) in [5, 5.41) is 3.82. The molecule has 0 unspecified atom stereocenters. The summed E-state index contributed by atoms with van der Waals surface area (Å²) < 4.78 is 19.1. The molecule has 3 aromatic rings. The molecule has 0 fully saturated rings. The highest BCUT2D eigenvalue weighted by Gasteiger charge is 2.14. The third-order valence-electron chi connectivity index (χ3n) is 4.42. The second-order valence-corrected chi connectivity index (χ2v) is 6.08. The fraction of sp³-hybridized carbons (Fsp3) is 0.250. The molecule has 0 radical (unpaired) electrons. The predicted molar refractivity (Wildman–Crippen MR) is 96.8 cm³/mol. The summed E-state index contributed by atoms with van der Waals surface area (Å²) in [4.78, 5) is 15.4. The van der Waals surface area contributed by atoms with Crippen LogP contribution >= 0.6 is 0 Å². The molecule has 0 saturated heterocycles. The normalized spacial score (nSPS) is 10.9. The predicted octanol–water partition coefficient (Wildman–Crippen LogP) is 3.90. The van der Waals surface area contributed by atoms with Crippen LogP contribution in [0.3, 0.4) is 0 Å². The molecule has 2 aromatic carbocycles. The Bertz CT molecular complexity index is 931. The first-order valence-corrected chi connectivity index (χ1v) is 8.19. The Morgan fingerprint density at radius 3 is 2.80 bits per heavy atom. The van der Waals surface area contributed by atoms with E-state index in [1.165, 1.54) is 6.07 Å². The van der Waals surface area contributed by atoms with E-state index in [1.807, 2.05) is 13.8 Å². The standard InChI is InChI=1S/C20H21FN2O2/c1-12-7-8-17(21)19-18(12)16(13(2)23-19)9-10-22-20(24)14-5-4-6-15(11-14)25-3/h4-8,11,23H,9-10H2,1-3H3,(H,22,24). The second-order valence-electron chi connectivity index (χ2n) is 6.08. The molecule has 4 nitrogen and oxygen atoms in total. The molecule has 0 saturated carbocycles. The Hall–Kier alpha value is -2.82. The maximum atomic E-state index is 14.0. The van der Waals surface area contributed by atoms with Crippen LogP contribution in [0.4, 0.5) is 4.39 Å². The summed E-state index contributed by atoms with van der Waals surface area (Å²) in [6.45, 7) is 4.37. The van der Waals surface area contributed by atoms with E-state index in [1.54, 1.807) is 37.4 Å². The van der Waals surface area contributed by atoms with E-state index in [0.717, 1.165) is 22.2 Å². The van der Waals surface area contributed by atoms with Gasteiger partial charge in [-0.25, -0.2) is 4.39 Å². The molecule has 0 aliphatic carbocycles. The molecule has 3 rings (SSSR count). The summed E-state index contributed by atoms with van der Waals surface area (Å²) in [5.41, 5.74) is 4.08. The lowest BCUT2D eigenvalue weighted by atomic mass is 10.0. The van der Waals surface area contributed by atoms with Crippen LogP contribution in [-0.4, -0.2) is 24.5 Å². The molecule has 1 heterocycles. The van der Waals surface area contributed by atoms with E-state index in [-0.39, 0.29) is 11.7 Å². The van der Waals surface area contributed by atoms with E-state index in [0.29, 0.717) is 29.8 Å². The molecule has 25 heavy (non-hydrogen) atoms. The smallest absolute Gasteiger partial charge is 0.251 e. The molecule has 2 N–H and O–H groups in total. The van der Waals surface area contributed by atoms with E-state index in [2.05, 4.69) is 10.3 Å². The van der Waals surface area contributed by atoms with Gasteiger partial charge >= 0.3 is 0 Å². The van der Waals surface area contributed by atoms with E-state index in [9.17, 15) is 9.18 Å². The van der Waals surface area contributed by atoms with Crippen molar-refractivity contribution in [2.75, 3.05) is 13.7 Å².